The van der Waals surface area contributed by atoms with E-state index in [1.807, 2.05) is 4.72 Å². The van der Waals surface area contributed by atoms with Crippen LogP contribution in [0.2, 0.25) is 0 Å². The summed E-state index contributed by atoms with van der Waals surface area (Å²) in [6.45, 7) is -0.0510. The molecule has 0 aromatic heterocycles. The first kappa shape index (κ1) is 10.9. The summed E-state index contributed by atoms with van der Waals surface area (Å²) >= 11 is 0. The monoisotopic (exact) mass is 242 g/mol. The van der Waals surface area contributed by atoms with E-state index < -0.39 is 16.1 Å². The van der Waals surface area contributed by atoms with Gasteiger partial charge in [0.2, 0.25) is 5.91 Å². The molecule has 1 aliphatic heterocycles. The summed E-state index contributed by atoms with van der Waals surface area (Å²) in [5.41, 5.74) is 0.706. The second-order valence-electron chi connectivity index (χ2n) is 3.46. The molecule has 86 valence electrons. The minimum Gasteiger partial charge on any atom is -0.508 e. The lowest BCUT2D eigenvalue weighted by molar-refractivity contribution is -0.118. The van der Waals surface area contributed by atoms with E-state index in [1.165, 1.54) is 12.1 Å². The number of amides is 1. The topological polar surface area (TPSA) is 86.7 Å². The molecule has 6 nitrogen and oxygen atoms in total. The average molecular weight is 242 g/mol. The highest BCUT2D eigenvalue weighted by Crippen LogP contribution is 2.15. The zero-order chi connectivity index (χ0) is 11.8. The fourth-order valence-electron chi connectivity index (χ4n) is 1.43. The molecule has 1 saturated heterocycles. The molecule has 0 unspecified atom stereocenters. The smallest absolute Gasteiger partial charge is 0.304 e. The number of rotatable bonds is 2. The Kier molecular flexibility index (Phi) is 2.56. The van der Waals surface area contributed by atoms with Gasteiger partial charge in [0.25, 0.3) is 0 Å². The summed E-state index contributed by atoms with van der Waals surface area (Å²) in [5.74, 6) is -0.416. The van der Waals surface area contributed by atoms with E-state index in [0.29, 0.717) is 5.56 Å². The van der Waals surface area contributed by atoms with Crippen molar-refractivity contribution in [3.63, 3.8) is 0 Å². The summed E-state index contributed by atoms with van der Waals surface area (Å²) in [7, 11) is -3.67. The highest BCUT2D eigenvalue weighted by Gasteiger charge is 2.33. The van der Waals surface area contributed by atoms with E-state index in [9.17, 15) is 13.2 Å². The molecule has 1 aromatic rings. The Bertz CT molecular complexity index is 509. The summed E-state index contributed by atoms with van der Waals surface area (Å²) in [4.78, 5) is 10.9. The van der Waals surface area contributed by atoms with Crippen molar-refractivity contribution in [2.45, 2.75) is 6.54 Å². The van der Waals surface area contributed by atoms with Crippen molar-refractivity contribution < 1.29 is 18.3 Å². The number of nitrogens with one attached hydrogen (secondary N) is 1. The van der Waals surface area contributed by atoms with Gasteiger partial charge in [-0.25, -0.2) is 4.72 Å². The number of nitrogens with zero attached hydrogens (tertiary/aromatic N) is 1. The van der Waals surface area contributed by atoms with Crippen molar-refractivity contribution >= 4 is 16.1 Å². The van der Waals surface area contributed by atoms with E-state index in [1.54, 1.807) is 12.1 Å². The van der Waals surface area contributed by atoms with Crippen molar-refractivity contribution in [1.29, 1.82) is 0 Å². The quantitative estimate of drug-likeness (QED) is 0.736. The normalized spacial score (nSPS) is 19.6. The Hall–Kier alpha value is -1.60. The molecule has 0 saturated carbocycles. The predicted molar refractivity (Wildman–Crippen MR) is 55.6 cm³/mol. The van der Waals surface area contributed by atoms with Crippen LogP contribution in [0.4, 0.5) is 0 Å². The Morgan fingerprint density at radius 2 is 1.94 bits per heavy atom. The minimum absolute atomic E-state index is 0.112. The fraction of sp³-hybridized carbons (Fsp3) is 0.222. The summed E-state index contributed by atoms with van der Waals surface area (Å²) < 4.78 is 25.7. The van der Waals surface area contributed by atoms with Crippen molar-refractivity contribution in [1.82, 2.24) is 9.03 Å². The number of hydrogen-bond donors (Lipinski definition) is 2. The third-order valence-electron chi connectivity index (χ3n) is 2.20. The molecule has 1 fully saturated rings. The van der Waals surface area contributed by atoms with Gasteiger partial charge in [0, 0.05) is 6.54 Å². The van der Waals surface area contributed by atoms with Crippen LogP contribution in [0, 0.1) is 0 Å². The maximum Gasteiger partial charge on any atom is 0.304 e. The molecule has 2 N–H and O–H groups in total. The molecule has 2 rings (SSSR count). The van der Waals surface area contributed by atoms with Crippen molar-refractivity contribution in [3.8, 4) is 5.75 Å². The number of phenolic OH excluding ortho intramolecular Hbond substituents is 1. The Morgan fingerprint density at radius 1 is 1.31 bits per heavy atom. The summed E-state index contributed by atoms with van der Waals surface area (Å²) in [6, 6.07) is 6.14. The van der Waals surface area contributed by atoms with Crippen LogP contribution in [-0.2, 0) is 21.5 Å². The Balaban J connectivity index is 2.16. The van der Waals surface area contributed by atoms with Crippen molar-refractivity contribution in [2.24, 2.45) is 0 Å². The van der Waals surface area contributed by atoms with Crippen LogP contribution in [-0.4, -0.2) is 30.3 Å². The minimum atomic E-state index is -3.67. The van der Waals surface area contributed by atoms with Gasteiger partial charge in [-0.15, -0.1) is 0 Å². The molecule has 1 heterocycles. The molecule has 7 heteroatoms. The van der Waals surface area contributed by atoms with Gasteiger partial charge >= 0.3 is 10.2 Å². The molecule has 1 aromatic carbocycles. The van der Waals surface area contributed by atoms with Crippen LogP contribution in [0.5, 0.6) is 5.75 Å². The van der Waals surface area contributed by atoms with Crippen molar-refractivity contribution in [2.75, 3.05) is 6.54 Å². The number of hydrogen-bond acceptors (Lipinski definition) is 4. The first-order valence-electron chi connectivity index (χ1n) is 4.56. The van der Waals surface area contributed by atoms with Crippen LogP contribution in [0.25, 0.3) is 0 Å². The molecule has 16 heavy (non-hydrogen) atoms. The van der Waals surface area contributed by atoms with E-state index in [-0.39, 0.29) is 18.8 Å². The largest absolute Gasteiger partial charge is 0.508 e. The zero-order valence-corrected chi connectivity index (χ0v) is 9.07. The predicted octanol–water partition coefficient (Wildman–Crippen LogP) is -0.431. The van der Waals surface area contributed by atoms with Gasteiger partial charge in [-0.05, 0) is 17.7 Å². The summed E-state index contributed by atoms with van der Waals surface area (Å²) in [6.07, 6.45) is 0. The van der Waals surface area contributed by atoms with E-state index in [0.717, 1.165) is 4.31 Å². The SMILES string of the molecule is O=C1CN(Cc2ccc(O)cc2)S(=O)(=O)N1. The lowest BCUT2D eigenvalue weighted by atomic mass is 10.2. The van der Waals surface area contributed by atoms with E-state index in [4.69, 9.17) is 5.11 Å². The molecule has 1 amide bonds. The van der Waals surface area contributed by atoms with Gasteiger partial charge < -0.3 is 5.11 Å². The fourth-order valence-corrected chi connectivity index (χ4v) is 2.52. The third kappa shape index (κ3) is 2.15. The average Bonchev–Trinajstić information content (AvgIpc) is 2.43. The number of aromatic hydroxyl groups is 1. The molecule has 1 aliphatic rings. The molecule has 0 spiro atoms. The standard InChI is InChI=1S/C9H10N2O4S/c12-8-3-1-7(2-4-8)5-11-6-9(13)10-16(11,14)15/h1-4,12H,5-6H2,(H,10,13). The van der Waals surface area contributed by atoms with Crippen LogP contribution >= 0.6 is 0 Å². The number of phenols is 1. The van der Waals surface area contributed by atoms with E-state index in [2.05, 4.69) is 0 Å². The van der Waals surface area contributed by atoms with Gasteiger partial charge in [0.1, 0.15) is 5.75 Å². The molecule has 0 aliphatic carbocycles. The van der Waals surface area contributed by atoms with Gasteiger partial charge in [-0.3, -0.25) is 4.79 Å². The van der Waals surface area contributed by atoms with Gasteiger partial charge in [-0.1, -0.05) is 12.1 Å². The molecular formula is C9H10N2O4S. The first-order chi connectivity index (χ1) is 7.47. The maximum atomic E-state index is 11.4. The second-order valence-corrected chi connectivity index (χ2v) is 5.14. The molecule has 0 radical (unpaired) electrons. The Morgan fingerprint density at radius 3 is 2.44 bits per heavy atom. The maximum absolute atomic E-state index is 11.4. The highest BCUT2D eigenvalue weighted by molar-refractivity contribution is 7.88. The number of carbonyl (C=O) groups excluding carboxylic acids is 1. The van der Waals surface area contributed by atoms with Gasteiger partial charge in [0.05, 0.1) is 6.54 Å². The molecule has 0 bridgehead atoms. The number of benzene rings is 1. The van der Waals surface area contributed by atoms with Crippen LogP contribution in [0.1, 0.15) is 5.56 Å². The van der Waals surface area contributed by atoms with E-state index >= 15 is 0 Å². The zero-order valence-electron chi connectivity index (χ0n) is 8.25. The first-order valence-corrected chi connectivity index (χ1v) is 6.00. The lowest BCUT2D eigenvalue weighted by Gasteiger charge is -2.11. The second kappa shape index (κ2) is 3.76. The van der Waals surface area contributed by atoms with Gasteiger partial charge in [-0.2, -0.15) is 12.7 Å². The van der Waals surface area contributed by atoms with Crippen molar-refractivity contribution in [3.05, 3.63) is 29.8 Å². The molecule has 0 atom stereocenters. The third-order valence-corrected chi connectivity index (χ3v) is 3.62. The van der Waals surface area contributed by atoms with Crippen LogP contribution in [0.3, 0.4) is 0 Å². The number of carbonyl (C=O) groups is 1. The van der Waals surface area contributed by atoms with Gasteiger partial charge in [0.15, 0.2) is 0 Å². The highest BCUT2D eigenvalue weighted by atomic mass is 32.2. The Labute approximate surface area is 92.7 Å². The summed E-state index contributed by atoms with van der Waals surface area (Å²) in [5, 5.41) is 9.06. The van der Waals surface area contributed by atoms with Crippen LogP contribution in [0.15, 0.2) is 24.3 Å². The van der Waals surface area contributed by atoms with Crippen LogP contribution < -0.4 is 4.72 Å². The molecular weight excluding hydrogens is 232 g/mol. The lowest BCUT2D eigenvalue weighted by Crippen LogP contribution is -2.29.